The highest BCUT2D eigenvalue weighted by molar-refractivity contribution is 6.30. The molecule has 1 saturated carbocycles. The van der Waals surface area contributed by atoms with Gasteiger partial charge in [0, 0.05) is 17.6 Å². The van der Waals surface area contributed by atoms with Gasteiger partial charge < -0.3 is 14.9 Å². The zero-order valence-corrected chi connectivity index (χ0v) is 15.0. The number of aromatic nitrogens is 2. The smallest absolute Gasteiger partial charge is 0.292 e. The summed E-state index contributed by atoms with van der Waals surface area (Å²) in [5.74, 6) is 0.224. The summed E-state index contributed by atoms with van der Waals surface area (Å²) < 4.78 is 5.34. The predicted octanol–water partition coefficient (Wildman–Crippen LogP) is 2.49. The zero-order valence-electron chi connectivity index (χ0n) is 14.3. The van der Waals surface area contributed by atoms with E-state index in [0.717, 1.165) is 37.8 Å². The van der Waals surface area contributed by atoms with E-state index >= 15 is 0 Å². The quantitative estimate of drug-likeness (QED) is 0.804. The first-order chi connectivity index (χ1) is 12.6. The largest absolute Gasteiger partial charge is 0.387 e. The van der Waals surface area contributed by atoms with Crippen LogP contribution in [0.15, 0.2) is 28.8 Å². The van der Waals surface area contributed by atoms with Crippen LogP contribution in [-0.4, -0.2) is 45.2 Å². The molecule has 2 aliphatic rings. The van der Waals surface area contributed by atoms with Gasteiger partial charge in [0.15, 0.2) is 0 Å². The molecule has 7 nitrogen and oxygen atoms in total. The number of amides is 1. The molecule has 2 aromatic rings. The molecule has 8 heteroatoms. The molecule has 0 spiro atoms. The number of nitrogens with zero attached hydrogens (tertiary/aromatic N) is 3. The van der Waals surface area contributed by atoms with E-state index in [2.05, 4.69) is 20.4 Å². The van der Waals surface area contributed by atoms with Gasteiger partial charge in [-0.3, -0.25) is 9.69 Å². The molecule has 1 aliphatic carbocycles. The number of likely N-dealkylation sites (tertiary alicyclic amines) is 1. The molecule has 26 heavy (non-hydrogen) atoms. The Labute approximate surface area is 156 Å². The molecule has 2 fully saturated rings. The molecular weight excluding hydrogens is 356 g/mol. The summed E-state index contributed by atoms with van der Waals surface area (Å²) >= 11 is 6.01. The first kappa shape index (κ1) is 17.5. The van der Waals surface area contributed by atoms with Crippen molar-refractivity contribution < 1.29 is 14.4 Å². The number of hydrogen-bond donors (Lipinski definition) is 2. The van der Waals surface area contributed by atoms with Crippen molar-refractivity contribution in [3.8, 4) is 0 Å². The average molecular weight is 377 g/mol. The Morgan fingerprint density at radius 2 is 2.27 bits per heavy atom. The van der Waals surface area contributed by atoms with E-state index in [-0.39, 0.29) is 23.8 Å². The number of aliphatic hydroxyl groups excluding tert-OH is 1. The number of nitrogens with one attached hydrogen (secondary N) is 1. The molecule has 1 aromatic carbocycles. The van der Waals surface area contributed by atoms with Gasteiger partial charge in [0.1, 0.15) is 0 Å². The number of aliphatic hydroxyl groups is 1. The second-order valence-corrected chi connectivity index (χ2v) is 7.36. The van der Waals surface area contributed by atoms with E-state index in [1.807, 2.05) is 12.1 Å². The lowest BCUT2D eigenvalue weighted by atomic mass is 10.1. The molecule has 2 atom stereocenters. The molecule has 2 N–H and O–H groups in total. The summed E-state index contributed by atoms with van der Waals surface area (Å²) in [4.78, 5) is 18.4. The maximum Gasteiger partial charge on any atom is 0.292 e. The SMILES string of the molecule is O=C(NC1CC1)c1noc([C@@H]2CCCN2C[C@H](O)c2cccc(Cl)c2)n1. The van der Waals surface area contributed by atoms with Crippen LogP contribution in [0.3, 0.4) is 0 Å². The number of halogens is 1. The van der Waals surface area contributed by atoms with Crippen molar-refractivity contribution in [3.05, 3.63) is 46.6 Å². The third kappa shape index (κ3) is 3.90. The predicted molar refractivity (Wildman–Crippen MR) is 94.7 cm³/mol. The van der Waals surface area contributed by atoms with Crippen LogP contribution in [-0.2, 0) is 0 Å². The highest BCUT2D eigenvalue weighted by atomic mass is 35.5. The van der Waals surface area contributed by atoms with Gasteiger partial charge in [0.2, 0.25) is 5.89 Å². The van der Waals surface area contributed by atoms with Crippen LogP contribution in [0, 0.1) is 0 Å². The molecule has 2 heterocycles. The van der Waals surface area contributed by atoms with Crippen LogP contribution >= 0.6 is 11.6 Å². The molecule has 1 amide bonds. The highest BCUT2D eigenvalue weighted by Crippen LogP contribution is 2.33. The van der Waals surface area contributed by atoms with Crippen molar-refractivity contribution in [3.63, 3.8) is 0 Å². The number of rotatable bonds is 6. The van der Waals surface area contributed by atoms with Gasteiger partial charge >= 0.3 is 0 Å². The Kier molecular flexibility index (Phi) is 4.93. The van der Waals surface area contributed by atoms with Crippen molar-refractivity contribution in [2.45, 2.75) is 43.9 Å². The van der Waals surface area contributed by atoms with Gasteiger partial charge in [-0.25, -0.2) is 0 Å². The van der Waals surface area contributed by atoms with Gasteiger partial charge in [-0.1, -0.05) is 28.9 Å². The number of β-amino-alcohol motifs (C(OH)–C–C–N with tert-alkyl or cyclic N) is 1. The molecule has 1 saturated heterocycles. The van der Waals surface area contributed by atoms with Crippen LogP contribution in [0.5, 0.6) is 0 Å². The number of carbonyl (C=O) groups is 1. The van der Waals surface area contributed by atoms with Crippen LogP contribution in [0.4, 0.5) is 0 Å². The molecule has 0 unspecified atom stereocenters. The van der Waals surface area contributed by atoms with Gasteiger partial charge in [-0.05, 0) is 49.9 Å². The van der Waals surface area contributed by atoms with Crippen molar-refractivity contribution in [2.24, 2.45) is 0 Å². The summed E-state index contributed by atoms with van der Waals surface area (Å²) in [6.45, 7) is 1.27. The minimum atomic E-state index is -0.658. The van der Waals surface area contributed by atoms with Crippen molar-refractivity contribution >= 4 is 17.5 Å². The summed E-state index contributed by atoms with van der Waals surface area (Å²) in [6, 6.07) is 7.40. The Morgan fingerprint density at radius 3 is 3.04 bits per heavy atom. The van der Waals surface area contributed by atoms with E-state index < -0.39 is 6.10 Å². The van der Waals surface area contributed by atoms with Crippen molar-refractivity contribution in [1.82, 2.24) is 20.4 Å². The molecule has 0 radical (unpaired) electrons. The van der Waals surface area contributed by atoms with Crippen LogP contribution in [0.25, 0.3) is 0 Å². The van der Waals surface area contributed by atoms with E-state index in [1.54, 1.807) is 12.1 Å². The average Bonchev–Trinajstić information content (AvgIpc) is 3.10. The van der Waals surface area contributed by atoms with E-state index in [4.69, 9.17) is 16.1 Å². The molecule has 0 bridgehead atoms. The number of benzene rings is 1. The normalized spacial score (nSPS) is 21.7. The number of carbonyl (C=O) groups excluding carboxylic acids is 1. The molecule has 4 rings (SSSR count). The molecule has 138 valence electrons. The second kappa shape index (κ2) is 7.34. The zero-order chi connectivity index (χ0) is 18.1. The summed E-state index contributed by atoms with van der Waals surface area (Å²) in [5.41, 5.74) is 0.776. The summed E-state index contributed by atoms with van der Waals surface area (Å²) in [7, 11) is 0. The number of hydrogen-bond acceptors (Lipinski definition) is 6. The Hall–Kier alpha value is -1.96. The maximum atomic E-state index is 12.0. The van der Waals surface area contributed by atoms with Crippen LogP contribution < -0.4 is 5.32 Å². The fourth-order valence-corrected chi connectivity index (χ4v) is 3.50. The first-order valence-electron chi connectivity index (χ1n) is 8.92. The van der Waals surface area contributed by atoms with Gasteiger partial charge in [0.25, 0.3) is 11.7 Å². The summed E-state index contributed by atoms with van der Waals surface area (Å²) in [6.07, 6.45) is 3.19. The lowest BCUT2D eigenvalue weighted by Gasteiger charge is -2.24. The molecule has 1 aromatic heterocycles. The van der Waals surface area contributed by atoms with E-state index in [0.29, 0.717) is 17.5 Å². The lowest BCUT2D eigenvalue weighted by Crippen LogP contribution is -2.29. The third-order valence-corrected chi connectivity index (χ3v) is 5.08. The van der Waals surface area contributed by atoms with Crippen LogP contribution in [0.2, 0.25) is 5.02 Å². The maximum absolute atomic E-state index is 12.0. The Morgan fingerprint density at radius 1 is 1.42 bits per heavy atom. The highest BCUT2D eigenvalue weighted by Gasteiger charge is 2.33. The van der Waals surface area contributed by atoms with Gasteiger partial charge in [-0.2, -0.15) is 4.98 Å². The standard InChI is InChI=1S/C18H21ClN4O3/c19-12-4-1-3-11(9-12)15(24)10-23-8-2-5-14(23)18-21-16(22-26-18)17(25)20-13-6-7-13/h1,3-4,9,13-15,24H,2,5-8,10H2,(H,20,25)/t14-,15-/m0/s1. The fourth-order valence-electron chi connectivity index (χ4n) is 3.31. The fraction of sp³-hybridized carbons (Fsp3) is 0.500. The summed E-state index contributed by atoms with van der Waals surface area (Å²) in [5, 5.41) is 17.8. The molecule has 1 aliphatic heterocycles. The third-order valence-electron chi connectivity index (χ3n) is 4.85. The van der Waals surface area contributed by atoms with Crippen molar-refractivity contribution in [1.29, 1.82) is 0 Å². The topological polar surface area (TPSA) is 91.5 Å². The van der Waals surface area contributed by atoms with Gasteiger partial charge in [0.05, 0.1) is 12.1 Å². The van der Waals surface area contributed by atoms with Crippen LogP contribution in [0.1, 0.15) is 59.9 Å². The van der Waals surface area contributed by atoms with E-state index in [9.17, 15) is 9.90 Å². The first-order valence-corrected chi connectivity index (χ1v) is 9.30. The monoisotopic (exact) mass is 376 g/mol. The Bertz CT molecular complexity index is 792. The van der Waals surface area contributed by atoms with E-state index in [1.165, 1.54) is 0 Å². The Balaban J connectivity index is 1.43. The van der Waals surface area contributed by atoms with Gasteiger partial charge in [-0.15, -0.1) is 0 Å². The lowest BCUT2D eigenvalue weighted by molar-refractivity contribution is 0.0937. The minimum absolute atomic E-state index is 0.0779. The second-order valence-electron chi connectivity index (χ2n) is 6.93. The molecular formula is C18H21ClN4O3. The van der Waals surface area contributed by atoms with Crippen molar-refractivity contribution in [2.75, 3.05) is 13.1 Å². The minimum Gasteiger partial charge on any atom is -0.387 e.